The van der Waals surface area contributed by atoms with E-state index in [1.165, 1.54) is 0 Å². The molecule has 0 heterocycles. The smallest absolute Gasteiger partial charge is 0.691 e. The fourth-order valence-corrected chi connectivity index (χ4v) is 0.844. The standard InChI is InChI=1S/C5H12O3S.Na/c1-3-5(2)4-9-8-7-6;/h5-6H,3-4H2,1-2H3;/q;+1/p-1. The number of hydrogen-bond acceptors (Lipinski definition) is 4. The number of rotatable bonds is 5. The van der Waals surface area contributed by atoms with Crippen LogP contribution >= 0.6 is 12.0 Å². The Kier molecular flexibility index (Phi) is 14.1. The van der Waals surface area contributed by atoms with E-state index in [0.717, 1.165) is 24.2 Å². The molecule has 0 aromatic heterocycles. The molecule has 0 aromatic carbocycles. The zero-order chi connectivity index (χ0) is 7.11. The minimum atomic E-state index is 0. The van der Waals surface area contributed by atoms with Crippen molar-refractivity contribution in [3.8, 4) is 0 Å². The maximum absolute atomic E-state index is 9.26. The first-order valence-corrected chi connectivity index (χ1v) is 3.80. The van der Waals surface area contributed by atoms with Crippen LogP contribution in [0.15, 0.2) is 0 Å². The molecule has 5 heteroatoms. The van der Waals surface area contributed by atoms with Crippen molar-refractivity contribution in [1.82, 2.24) is 0 Å². The van der Waals surface area contributed by atoms with Gasteiger partial charge in [0.15, 0.2) is 0 Å². The summed E-state index contributed by atoms with van der Waals surface area (Å²) in [5, 5.41) is 12.4. The fourth-order valence-electron chi connectivity index (χ4n) is 0.281. The van der Waals surface area contributed by atoms with Crippen molar-refractivity contribution in [2.45, 2.75) is 20.3 Å². The Morgan fingerprint density at radius 1 is 1.60 bits per heavy atom. The van der Waals surface area contributed by atoms with Gasteiger partial charge in [-0.2, -0.15) is 4.33 Å². The van der Waals surface area contributed by atoms with Gasteiger partial charge in [0, 0.05) is 17.8 Å². The molecule has 0 aromatic rings. The van der Waals surface area contributed by atoms with Gasteiger partial charge < -0.3 is 5.26 Å². The van der Waals surface area contributed by atoms with Crippen LogP contribution in [0.25, 0.3) is 0 Å². The second kappa shape index (κ2) is 10.2. The molecule has 3 nitrogen and oxygen atoms in total. The molecule has 0 radical (unpaired) electrons. The molecular weight excluding hydrogens is 163 g/mol. The van der Waals surface area contributed by atoms with Gasteiger partial charge >= 0.3 is 29.6 Å². The first-order valence-electron chi connectivity index (χ1n) is 2.89. The second-order valence-corrected chi connectivity index (χ2v) is 2.64. The Balaban J connectivity index is 0. The summed E-state index contributed by atoms with van der Waals surface area (Å²) in [4.78, 5) is 0. The van der Waals surface area contributed by atoms with Crippen LogP contribution in [0.2, 0.25) is 0 Å². The zero-order valence-electron chi connectivity index (χ0n) is 6.62. The SMILES string of the molecule is CCC(C)CSOO[O-].[Na+]. The van der Waals surface area contributed by atoms with E-state index < -0.39 is 0 Å². The summed E-state index contributed by atoms with van der Waals surface area (Å²) in [6.45, 7) is 4.17. The molecular formula is C5H11NaO3S. The van der Waals surface area contributed by atoms with E-state index in [1.54, 1.807) is 0 Å². The van der Waals surface area contributed by atoms with Crippen LogP contribution < -0.4 is 34.8 Å². The summed E-state index contributed by atoms with van der Waals surface area (Å²) in [5.41, 5.74) is 0. The molecule has 0 amide bonds. The maximum Gasteiger partial charge on any atom is 1.00 e. The van der Waals surface area contributed by atoms with Crippen molar-refractivity contribution in [3.63, 3.8) is 0 Å². The predicted molar refractivity (Wildman–Crippen MR) is 34.1 cm³/mol. The molecule has 1 atom stereocenters. The van der Waals surface area contributed by atoms with Crippen LogP contribution in [0.3, 0.4) is 0 Å². The molecule has 0 aliphatic heterocycles. The summed E-state index contributed by atoms with van der Waals surface area (Å²) in [6, 6.07) is 0. The summed E-state index contributed by atoms with van der Waals surface area (Å²) in [6.07, 6.45) is 1.09. The predicted octanol–water partition coefficient (Wildman–Crippen LogP) is -2.09. The van der Waals surface area contributed by atoms with Crippen molar-refractivity contribution in [1.29, 1.82) is 0 Å². The largest absolute Gasteiger partial charge is 1.00 e. The third kappa shape index (κ3) is 9.23. The van der Waals surface area contributed by atoms with Gasteiger partial charge in [0.05, 0.1) is 0 Å². The van der Waals surface area contributed by atoms with Crippen LogP contribution in [0.5, 0.6) is 0 Å². The molecule has 56 valence electrons. The van der Waals surface area contributed by atoms with Crippen molar-refractivity contribution < 1.29 is 44.2 Å². The van der Waals surface area contributed by atoms with E-state index in [0.29, 0.717) is 5.92 Å². The van der Waals surface area contributed by atoms with Gasteiger partial charge in [0.2, 0.25) is 0 Å². The fraction of sp³-hybridized carbons (Fsp3) is 1.00. The number of hydrogen-bond donors (Lipinski definition) is 0. The van der Waals surface area contributed by atoms with Crippen LogP contribution in [0.1, 0.15) is 20.3 Å². The van der Waals surface area contributed by atoms with E-state index in [-0.39, 0.29) is 29.6 Å². The summed E-state index contributed by atoms with van der Waals surface area (Å²) in [7, 11) is 0. The summed E-state index contributed by atoms with van der Waals surface area (Å²) >= 11 is 1.05. The molecule has 0 bridgehead atoms. The third-order valence-electron chi connectivity index (χ3n) is 1.13. The Morgan fingerprint density at radius 3 is 2.60 bits per heavy atom. The zero-order valence-corrected chi connectivity index (χ0v) is 9.44. The van der Waals surface area contributed by atoms with Crippen LogP contribution in [-0.4, -0.2) is 5.75 Å². The van der Waals surface area contributed by atoms with Gasteiger partial charge in [-0.15, -0.1) is 0 Å². The Morgan fingerprint density at radius 2 is 2.20 bits per heavy atom. The van der Waals surface area contributed by atoms with Gasteiger partial charge in [-0.3, -0.25) is 5.04 Å². The summed E-state index contributed by atoms with van der Waals surface area (Å²) < 4.78 is 4.07. The van der Waals surface area contributed by atoms with Crippen LogP contribution in [0.4, 0.5) is 0 Å². The quantitative estimate of drug-likeness (QED) is 0.157. The molecule has 0 aliphatic rings. The average Bonchev–Trinajstić information content (AvgIpc) is 1.89. The van der Waals surface area contributed by atoms with E-state index in [2.05, 4.69) is 23.2 Å². The van der Waals surface area contributed by atoms with Gasteiger partial charge in [0.25, 0.3) is 0 Å². The normalized spacial score (nSPS) is 12.3. The molecule has 0 N–H and O–H groups in total. The van der Waals surface area contributed by atoms with Gasteiger partial charge in [0.1, 0.15) is 0 Å². The van der Waals surface area contributed by atoms with E-state index in [9.17, 15) is 5.26 Å². The van der Waals surface area contributed by atoms with Crippen molar-refractivity contribution in [3.05, 3.63) is 0 Å². The first kappa shape index (κ1) is 13.8. The molecule has 1 unspecified atom stereocenters. The summed E-state index contributed by atoms with van der Waals surface area (Å²) in [5.74, 6) is 1.38. The maximum atomic E-state index is 9.26. The second-order valence-electron chi connectivity index (χ2n) is 1.93. The molecule has 0 saturated carbocycles. The molecule has 0 saturated heterocycles. The topological polar surface area (TPSA) is 41.5 Å². The minimum Gasteiger partial charge on any atom is -0.691 e. The van der Waals surface area contributed by atoms with Crippen molar-refractivity contribution in [2.24, 2.45) is 5.92 Å². The Bertz CT molecular complexity index is 64.9. The Labute approximate surface area is 87.8 Å². The average molecular weight is 174 g/mol. The monoisotopic (exact) mass is 174 g/mol. The first-order chi connectivity index (χ1) is 4.31. The van der Waals surface area contributed by atoms with Crippen LogP contribution in [0, 0.1) is 5.92 Å². The molecule has 10 heavy (non-hydrogen) atoms. The van der Waals surface area contributed by atoms with Gasteiger partial charge in [-0.1, -0.05) is 20.3 Å². The molecule has 0 rings (SSSR count). The minimum absolute atomic E-state index is 0. The molecule has 0 spiro atoms. The van der Waals surface area contributed by atoms with Crippen molar-refractivity contribution >= 4 is 12.0 Å². The van der Waals surface area contributed by atoms with Gasteiger partial charge in [-0.05, 0) is 5.92 Å². The third-order valence-corrected chi connectivity index (χ3v) is 1.98. The van der Waals surface area contributed by atoms with Gasteiger partial charge in [-0.25, -0.2) is 0 Å². The molecule has 0 aliphatic carbocycles. The molecule has 0 fully saturated rings. The van der Waals surface area contributed by atoms with E-state index in [4.69, 9.17) is 0 Å². The van der Waals surface area contributed by atoms with E-state index >= 15 is 0 Å². The van der Waals surface area contributed by atoms with Crippen LogP contribution in [-0.2, 0) is 9.37 Å². The van der Waals surface area contributed by atoms with E-state index in [1.807, 2.05) is 0 Å². The van der Waals surface area contributed by atoms with Crippen molar-refractivity contribution in [2.75, 3.05) is 5.75 Å². The Hall–Kier alpha value is 1.23.